The Morgan fingerprint density at radius 3 is 2.40 bits per heavy atom. The van der Waals surface area contributed by atoms with Crippen molar-refractivity contribution in [1.82, 2.24) is 5.32 Å². The van der Waals surface area contributed by atoms with Crippen LogP contribution in [0, 0.1) is 10.8 Å². The molecule has 148 valence electrons. The largest absolute Gasteiger partial charge is 0.466 e. The van der Waals surface area contributed by atoms with Gasteiger partial charge in [0.25, 0.3) is 0 Å². The van der Waals surface area contributed by atoms with Gasteiger partial charge in [-0.25, -0.2) is 0 Å². The summed E-state index contributed by atoms with van der Waals surface area (Å²) < 4.78 is 4.76. The van der Waals surface area contributed by atoms with Gasteiger partial charge in [0.1, 0.15) is 6.10 Å². The van der Waals surface area contributed by atoms with E-state index < -0.39 is 23.4 Å². The van der Waals surface area contributed by atoms with E-state index in [1.165, 1.54) is 6.21 Å². The van der Waals surface area contributed by atoms with Crippen molar-refractivity contribution in [3.8, 4) is 0 Å². The molecular weight excluding hydrogens is 330 g/mol. The molecule has 0 radical (unpaired) electrons. The van der Waals surface area contributed by atoms with Crippen LogP contribution in [0.1, 0.15) is 39.5 Å². The van der Waals surface area contributed by atoms with Gasteiger partial charge in [0.05, 0.1) is 19.6 Å². The van der Waals surface area contributed by atoms with Gasteiger partial charge < -0.3 is 36.5 Å². The number of nitrogens with two attached hydrogens (primary N) is 1. The lowest BCUT2D eigenvalue weighted by Gasteiger charge is -2.27. The number of rotatable bonds is 12. The molecule has 9 nitrogen and oxygen atoms in total. The van der Waals surface area contributed by atoms with E-state index >= 15 is 0 Å². The summed E-state index contributed by atoms with van der Waals surface area (Å²) in [4.78, 5) is 22.7. The van der Waals surface area contributed by atoms with Crippen molar-refractivity contribution in [2.24, 2.45) is 11.1 Å². The zero-order valence-corrected chi connectivity index (χ0v) is 15.2. The number of aliphatic hydroxyl groups is 3. The molecule has 0 fully saturated rings. The first-order valence-electron chi connectivity index (χ1n) is 8.28. The molecule has 0 unspecified atom stereocenters. The Morgan fingerprint density at radius 1 is 1.32 bits per heavy atom. The summed E-state index contributed by atoms with van der Waals surface area (Å²) in [6, 6.07) is 0. The second-order valence-corrected chi connectivity index (χ2v) is 6.02. The van der Waals surface area contributed by atoms with Crippen molar-refractivity contribution in [1.29, 1.82) is 5.41 Å². The van der Waals surface area contributed by atoms with Gasteiger partial charge >= 0.3 is 5.97 Å². The van der Waals surface area contributed by atoms with Crippen molar-refractivity contribution in [2.45, 2.75) is 45.6 Å². The molecule has 7 N–H and O–H groups in total. The van der Waals surface area contributed by atoms with Crippen LogP contribution in [0.2, 0.25) is 0 Å². The number of nitrogens with one attached hydrogen (secondary N) is 2. The molecule has 0 aliphatic carbocycles. The van der Waals surface area contributed by atoms with Gasteiger partial charge in [-0.2, -0.15) is 0 Å². The average Bonchev–Trinajstić information content (AvgIpc) is 2.59. The molecule has 0 aliphatic heterocycles. The summed E-state index contributed by atoms with van der Waals surface area (Å²) in [6.45, 7) is 3.63. The van der Waals surface area contributed by atoms with Gasteiger partial charge in [-0.3, -0.25) is 9.59 Å². The SMILES string of the molecule is CC(C)(CO)[C@@H](O)C(=O)NCCC(=O)OCCCO.N=CCCCN. The fourth-order valence-corrected chi connectivity index (χ4v) is 1.37. The van der Waals surface area contributed by atoms with Crippen LogP contribution in [0.25, 0.3) is 0 Å². The van der Waals surface area contributed by atoms with E-state index in [1.54, 1.807) is 13.8 Å². The maximum Gasteiger partial charge on any atom is 0.307 e. The Morgan fingerprint density at radius 2 is 1.96 bits per heavy atom. The Hall–Kier alpha value is -1.55. The molecule has 1 atom stereocenters. The molecular formula is C16H33N3O6. The van der Waals surface area contributed by atoms with Gasteiger partial charge in [-0.15, -0.1) is 0 Å². The lowest BCUT2D eigenvalue weighted by molar-refractivity contribution is -0.144. The molecule has 0 rings (SSSR count). The third-order valence-corrected chi connectivity index (χ3v) is 3.14. The number of carbonyl (C=O) groups is 2. The number of hydrogen-bond donors (Lipinski definition) is 6. The highest BCUT2D eigenvalue weighted by atomic mass is 16.5. The topological polar surface area (TPSA) is 166 Å². The average molecular weight is 363 g/mol. The first kappa shape index (κ1) is 25.7. The molecule has 0 saturated heterocycles. The first-order valence-corrected chi connectivity index (χ1v) is 8.28. The number of amides is 1. The van der Waals surface area contributed by atoms with Gasteiger partial charge in [0.15, 0.2) is 0 Å². The lowest BCUT2D eigenvalue weighted by Crippen LogP contribution is -2.46. The second kappa shape index (κ2) is 15.9. The number of ether oxygens (including phenoxy) is 1. The molecule has 0 heterocycles. The van der Waals surface area contributed by atoms with E-state index in [4.69, 9.17) is 26.1 Å². The van der Waals surface area contributed by atoms with E-state index in [1.807, 2.05) is 0 Å². The maximum atomic E-state index is 11.5. The van der Waals surface area contributed by atoms with Gasteiger partial charge in [-0.05, 0) is 25.6 Å². The summed E-state index contributed by atoms with van der Waals surface area (Å²) in [7, 11) is 0. The quantitative estimate of drug-likeness (QED) is 0.149. The molecule has 0 spiro atoms. The van der Waals surface area contributed by atoms with Crippen molar-refractivity contribution in [3.63, 3.8) is 0 Å². The standard InChI is InChI=1S/C12H23NO6.C4H10N2/c1-12(2,8-15)10(17)11(18)13-5-4-9(16)19-7-3-6-14;5-3-1-2-4-6/h10,14-15,17H,3-8H2,1-2H3,(H,13,18);3,5H,1-2,4,6H2/t10-;/m0./s1. The summed E-state index contributed by atoms with van der Waals surface area (Å²) in [5.41, 5.74) is 4.17. The molecule has 0 aromatic rings. The fraction of sp³-hybridized carbons (Fsp3) is 0.812. The third kappa shape index (κ3) is 14.5. The predicted octanol–water partition coefficient (Wildman–Crippen LogP) is -0.827. The van der Waals surface area contributed by atoms with Gasteiger partial charge in [0, 0.05) is 25.0 Å². The minimum absolute atomic E-state index is 0.0105. The Bertz CT molecular complexity index is 377. The van der Waals surface area contributed by atoms with Crippen molar-refractivity contribution < 1.29 is 29.6 Å². The molecule has 1 amide bonds. The van der Waals surface area contributed by atoms with Crippen molar-refractivity contribution >= 4 is 18.1 Å². The molecule has 0 aliphatic rings. The number of unbranched alkanes of at least 4 members (excludes halogenated alkanes) is 1. The van der Waals surface area contributed by atoms with Crippen LogP contribution in [0.15, 0.2) is 0 Å². The van der Waals surface area contributed by atoms with Crippen LogP contribution in [-0.4, -0.2) is 72.4 Å². The normalized spacial score (nSPS) is 11.8. The lowest BCUT2D eigenvalue weighted by atomic mass is 9.87. The number of carbonyl (C=O) groups excluding carboxylic acids is 2. The molecule has 0 aromatic heterocycles. The minimum atomic E-state index is -1.34. The highest BCUT2D eigenvalue weighted by Crippen LogP contribution is 2.19. The molecule has 0 aromatic carbocycles. The van der Waals surface area contributed by atoms with E-state index in [-0.39, 0.29) is 32.8 Å². The molecule has 0 bridgehead atoms. The van der Waals surface area contributed by atoms with E-state index in [0.717, 1.165) is 12.8 Å². The second-order valence-electron chi connectivity index (χ2n) is 6.02. The number of hydrogen-bond acceptors (Lipinski definition) is 8. The van der Waals surface area contributed by atoms with Crippen molar-refractivity contribution in [3.05, 3.63) is 0 Å². The highest BCUT2D eigenvalue weighted by Gasteiger charge is 2.32. The van der Waals surface area contributed by atoms with Crippen LogP contribution in [0.5, 0.6) is 0 Å². The van der Waals surface area contributed by atoms with Crippen LogP contribution in [0.3, 0.4) is 0 Å². The van der Waals surface area contributed by atoms with E-state index in [0.29, 0.717) is 13.0 Å². The summed E-state index contributed by atoms with van der Waals surface area (Å²) in [6.07, 6.45) is 2.18. The zero-order valence-electron chi connectivity index (χ0n) is 15.2. The molecule has 25 heavy (non-hydrogen) atoms. The maximum absolute atomic E-state index is 11.5. The fourth-order valence-electron chi connectivity index (χ4n) is 1.37. The first-order chi connectivity index (χ1) is 11.8. The Labute approximate surface area is 149 Å². The Balaban J connectivity index is 0. The number of esters is 1. The molecule has 9 heteroatoms. The van der Waals surface area contributed by atoms with E-state index in [9.17, 15) is 14.7 Å². The van der Waals surface area contributed by atoms with Crippen LogP contribution in [-0.2, 0) is 14.3 Å². The molecule has 0 saturated carbocycles. The smallest absolute Gasteiger partial charge is 0.307 e. The van der Waals surface area contributed by atoms with Crippen LogP contribution < -0.4 is 11.1 Å². The van der Waals surface area contributed by atoms with Gasteiger partial charge in [0.2, 0.25) is 5.91 Å². The van der Waals surface area contributed by atoms with Crippen LogP contribution >= 0.6 is 0 Å². The Kier molecular flexibility index (Phi) is 16.4. The summed E-state index contributed by atoms with van der Waals surface area (Å²) in [5, 5.41) is 36.1. The summed E-state index contributed by atoms with van der Waals surface area (Å²) in [5.74, 6) is -1.12. The van der Waals surface area contributed by atoms with E-state index in [2.05, 4.69) is 5.32 Å². The third-order valence-electron chi connectivity index (χ3n) is 3.14. The van der Waals surface area contributed by atoms with Crippen LogP contribution in [0.4, 0.5) is 0 Å². The zero-order chi connectivity index (χ0) is 19.7. The number of aliphatic hydroxyl groups excluding tert-OH is 3. The minimum Gasteiger partial charge on any atom is -0.466 e. The monoisotopic (exact) mass is 363 g/mol. The van der Waals surface area contributed by atoms with Crippen molar-refractivity contribution in [2.75, 3.05) is 32.9 Å². The summed E-state index contributed by atoms with van der Waals surface area (Å²) >= 11 is 0. The van der Waals surface area contributed by atoms with Gasteiger partial charge in [-0.1, -0.05) is 13.8 Å². The predicted molar refractivity (Wildman–Crippen MR) is 94.2 cm³/mol. The highest BCUT2D eigenvalue weighted by molar-refractivity contribution is 5.81.